The molecule has 30 heavy (non-hydrogen) atoms. The molecular formula is C19H11F6N3O2. The van der Waals surface area contributed by atoms with Gasteiger partial charge >= 0.3 is 12.4 Å². The summed E-state index contributed by atoms with van der Waals surface area (Å²) in [5, 5.41) is 1.88. The number of amides is 1. The Balaban J connectivity index is 1.93. The van der Waals surface area contributed by atoms with Gasteiger partial charge in [-0.15, -0.1) is 0 Å². The first-order valence-corrected chi connectivity index (χ1v) is 8.21. The molecule has 2 N–H and O–H groups in total. The van der Waals surface area contributed by atoms with Crippen molar-refractivity contribution in [2.24, 2.45) is 0 Å². The van der Waals surface area contributed by atoms with Crippen molar-refractivity contribution in [1.29, 1.82) is 0 Å². The lowest BCUT2D eigenvalue weighted by molar-refractivity contribution is -0.143. The Morgan fingerprint density at radius 2 is 1.47 bits per heavy atom. The number of nitrogens with zero attached hydrogens (tertiary/aromatic N) is 1. The number of alkyl halides is 6. The van der Waals surface area contributed by atoms with Crippen molar-refractivity contribution in [3.05, 3.63) is 81.8 Å². The van der Waals surface area contributed by atoms with Gasteiger partial charge < -0.3 is 10.3 Å². The summed E-state index contributed by atoms with van der Waals surface area (Å²) in [6.45, 7) is 0. The lowest BCUT2D eigenvalue weighted by Gasteiger charge is -2.14. The number of hydrogen-bond acceptors (Lipinski definition) is 3. The fourth-order valence-corrected chi connectivity index (χ4v) is 2.52. The summed E-state index contributed by atoms with van der Waals surface area (Å²) >= 11 is 0. The minimum absolute atomic E-state index is 0.0708. The number of H-pyrrole nitrogens is 1. The van der Waals surface area contributed by atoms with Crippen molar-refractivity contribution >= 4 is 11.6 Å². The third kappa shape index (κ3) is 4.67. The van der Waals surface area contributed by atoms with Crippen LogP contribution in [0.25, 0.3) is 11.4 Å². The first kappa shape index (κ1) is 21.1. The van der Waals surface area contributed by atoms with Crippen LogP contribution in [-0.4, -0.2) is 15.9 Å². The number of halogens is 6. The van der Waals surface area contributed by atoms with E-state index in [0.717, 1.165) is 6.20 Å². The number of hydrogen-bond donors (Lipinski definition) is 2. The molecule has 1 heterocycles. The zero-order chi connectivity index (χ0) is 22.1. The standard InChI is InChI=1S/C19H11F6N3O2/c20-18(21,22)11-6-12(19(23,24)25)8-13(7-11)27-16(29)14-9-26-15(28-17(14)30)10-4-2-1-3-5-10/h1-9H,(H,27,29)(H,26,28,30). The highest BCUT2D eigenvalue weighted by Crippen LogP contribution is 2.37. The summed E-state index contributed by atoms with van der Waals surface area (Å²) in [5.74, 6) is -1.08. The number of anilines is 1. The van der Waals surface area contributed by atoms with Gasteiger partial charge in [-0.25, -0.2) is 4.98 Å². The van der Waals surface area contributed by atoms with E-state index in [9.17, 15) is 35.9 Å². The van der Waals surface area contributed by atoms with E-state index >= 15 is 0 Å². The molecule has 0 unspecified atom stereocenters. The molecule has 0 aliphatic rings. The highest BCUT2D eigenvalue weighted by molar-refractivity contribution is 6.04. The zero-order valence-corrected chi connectivity index (χ0v) is 14.7. The molecule has 0 aliphatic heterocycles. The van der Waals surface area contributed by atoms with Crippen LogP contribution in [0.15, 0.2) is 59.5 Å². The highest BCUT2D eigenvalue weighted by atomic mass is 19.4. The van der Waals surface area contributed by atoms with Crippen LogP contribution in [0.3, 0.4) is 0 Å². The maximum Gasteiger partial charge on any atom is 0.416 e. The first-order valence-electron chi connectivity index (χ1n) is 8.21. The van der Waals surface area contributed by atoms with E-state index in [2.05, 4.69) is 9.97 Å². The van der Waals surface area contributed by atoms with Crippen LogP contribution in [-0.2, 0) is 12.4 Å². The van der Waals surface area contributed by atoms with E-state index in [1.54, 1.807) is 30.3 Å². The third-order valence-electron chi connectivity index (χ3n) is 3.94. The van der Waals surface area contributed by atoms with Gasteiger partial charge in [0.05, 0.1) is 11.1 Å². The van der Waals surface area contributed by atoms with E-state index in [4.69, 9.17) is 0 Å². The molecule has 1 aromatic heterocycles. The molecule has 11 heteroatoms. The van der Waals surface area contributed by atoms with Gasteiger partial charge in [0.15, 0.2) is 0 Å². The van der Waals surface area contributed by atoms with Gasteiger partial charge in [-0.05, 0) is 18.2 Å². The van der Waals surface area contributed by atoms with Crippen LogP contribution < -0.4 is 10.9 Å². The molecule has 1 amide bonds. The number of rotatable bonds is 3. The summed E-state index contributed by atoms with van der Waals surface area (Å²) in [6.07, 6.45) is -9.26. The van der Waals surface area contributed by atoms with Gasteiger partial charge in [0.2, 0.25) is 0 Å². The average molecular weight is 427 g/mol. The smallest absolute Gasteiger partial charge is 0.322 e. The van der Waals surface area contributed by atoms with Crippen molar-refractivity contribution in [3.63, 3.8) is 0 Å². The first-order chi connectivity index (χ1) is 13.9. The molecule has 0 radical (unpaired) electrons. The summed E-state index contributed by atoms with van der Waals surface area (Å²) in [7, 11) is 0. The van der Waals surface area contributed by atoms with Gasteiger partial charge in [0, 0.05) is 17.4 Å². The second-order valence-electron chi connectivity index (χ2n) is 6.09. The molecule has 2 aromatic carbocycles. The van der Waals surface area contributed by atoms with E-state index < -0.39 is 46.2 Å². The summed E-state index contributed by atoms with van der Waals surface area (Å²) < 4.78 is 77.5. The molecule has 0 atom stereocenters. The summed E-state index contributed by atoms with van der Waals surface area (Å²) in [6, 6.07) is 8.98. The number of carbonyl (C=O) groups is 1. The van der Waals surface area contributed by atoms with Crippen molar-refractivity contribution < 1.29 is 31.1 Å². The highest BCUT2D eigenvalue weighted by Gasteiger charge is 2.37. The second-order valence-corrected chi connectivity index (χ2v) is 6.09. The molecule has 0 spiro atoms. The molecule has 5 nitrogen and oxygen atoms in total. The summed E-state index contributed by atoms with van der Waals surface area (Å²) in [5.41, 5.74) is -4.92. The monoisotopic (exact) mass is 427 g/mol. The summed E-state index contributed by atoms with van der Waals surface area (Å²) in [4.78, 5) is 30.7. The van der Waals surface area contributed by atoms with Gasteiger partial charge in [0.1, 0.15) is 11.4 Å². The van der Waals surface area contributed by atoms with Gasteiger partial charge in [-0.3, -0.25) is 9.59 Å². The van der Waals surface area contributed by atoms with Crippen LogP contribution in [0.5, 0.6) is 0 Å². The zero-order valence-electron chi connectivity index (χ0n) is 14.7. The minimum atomic E-state index is -5.07. The van der Waals surface area contributed by atoms with Crippen LogP contribution in [0.2, 0.25) is 0 Å². The van der Waals surface area contributed by atoms with Crippen molar-refractivity contribution in [2.75, 3.05) is 5.32 Å². The lowest BCUT2D eigenvalue weighted by Crippen LogP contribution is -2.24. The Morgan fingerprint density at radius 1 is 0.900 bits per heavy atom. The van der Waals surface area contributed by atoms with Crippen molar-refractivity contribution in [2.45, 2.75) is 12.4 Å². The van der Waals surface area contributed by atoms with E-state index in [0.29, 0.717) is 17.7 Å². The fraction of sp³-hybridized carbons (Fsp3) is 0.105. The Morgan fingerprint density at radius 3 is 1.97 bits per heavy atom. The van der Waals surface area contributed by atoms with Crippen molar-refractivity contribution in [3.8, 4) is 11.4 Å². The third-order valence-corrected chi connectivity index (χ3v) is 3.94. The molecule has 0 bridgehead atoms. The molecule has 156 valence electrons. The van der Waals surface area contributed by atoms with Gasteiger partial charge in [-0.1, -0.05) is 30.3 Å². The van der Waals surface area contributed by atoms with Crippen LogP contribution in [0, 0.1) is 0 Å². The fourth-order valence-electron chi connectivity index (χ4n) is 2.52. The number of benzene rings is 2. The van der Waals surface area contributed by atoms with E-state index in [-0.39, 0.29) is 11.9 Å². The number of carbonyl (C=O) groups excluding carboxylic acids is 1. The van der Waals surface area contributed by atoms with Crippen LogP contribution in [0.1, 0.15) is 21.5 Å². The Labute approximate surface area is 164 Å². The predicted molar refractivity (Wildman–Crippen MR) is 94.7 cm³/mol. The van der Waals surface area contributed by atoms with Crippen molar-refractivity contribution in [1.82, 2.24) is 9.97 Å². The Bertz CT molecular complexity index is 1110. The minimum Gasteiger partial charge on any atom is -0.322 e. The largest absolute Gasteiger partial charge is 0.416 e. The Kier molecular flexibility index (Phi) is 5.38. The molecule has 3 rings (SSSR count). The quantitative estimate of drug-likeness (QED) is 0.594. The number of aromatic nitrogens is 2. The van der Waals surface area contributed by atoms with E-state index in [1.165, 1.54) is 0 Å². The van der Waals surface area contributed by atoms with Crippen LogP contribution in [0.4, 0.5) is 32.0 Å². The molecular weight excluding hydrogens is 416 g/mol. The lowest BCUT2D eigenvalue weighted by atomic mass is 10.1. The molecule has 0 saturated heterocycles. The SMILES string of the molecule is O=C(Nc1cc(C(F)(F)F)cc(C(F)(F)F)c1)c1cnc(-c2ccccc2)[nH]c1=O. The van der Waals surface area contributed by atoms with Gasteiger partial charge in [-0.2, -0.15) is 26.3 Å². The topological polar surface area (TPSA) is 74.8 Å². The predicted octanol–water partition coefficient (Wildman–Crippen LogP) is 4.73. The molecule has 0 aliphatic carbocycles. The number of nitrogens with one attached hydrogen (secondary N) is 2. The average Bonchev–Trinajstić information content (AvgIpc) is 2.67. The van der Waals surface area contributed by atoms with Gasteiger partial charge in [0.25, 0.3) is 11.5 Å². The molecule has 0 fully saturated rings. The number of aromatic amines is 1. The van der Waals surface area contributed by atoms with E-state index in [1.807, 2.05) is 5.32 Å². The maximum atomic E-state index is 12.9. The second kappa shape index (κ2) is 7.65. The van der Waals surface area contributed by atoms with Crippen LogP contribution >= 0.6 is 0 Å². The molecule has 3 aromatic rings. The Hall–Kier alpha value is -3.63. The normalized spacial score (nSPS) is 11.9. The molecule has 0 saturated carbocycles. The maximum absolute atomic E-state index is 12.9.